The molecule has 0 radical (unpaired) electrons. The minimum Gasteiger partial charge on any atom is -0.675 e. The van der Waals surface area contributed by atoms with Crippen LogP contribution < -0.4 is 11.5 Å². The Morgan fingerprint density at radius 1 is 1.00 bits per heavy atom. The summed E-state index contributed by atoms with van der Waals surface area (Å²) >= 11 is 0. The first kappa shape index (κ1) is 6.66. The molecule has 6 heteroatoms. The summed E-state index contributed by atoms with van der Waals surface area (Å²) in [6.45, 7) is 0. The topological polar surface area (TPSA) is 104 Å². The summed E-state index contributed by atoms with van der Waals surface area (Å²) in [6.07, 6.45) is 0.710. The van der Waals surface area contributed by atoms with Crippen LogP contribution in [0, 0.1) is 10.4 Å². The molecule has 0 spiro atoms. The second kappa shape index (κ2) is 2.05. The molecule has 0 aliphatic carbocycles. The van der Waals surface area contributed by atoms with Gasteiger partial charge < -0.3 is 10.4 Å². The first-order valence-electron chi connectivity index (χ1n) is 2.80. The molecule has 1 heterocycles. The van der Waals surface area contributed by atoms with Crippen molar-refractivity contribution < 1.29 is 9.70 Å². The zero-order chi connectivity index (χ0) is 7.72. The number of amidine groups is 2. The van der Waals surface area contributed by atoms with Gasteiger partial charge in [0.1, 0.15) is 0 Å². The fourth-order valence-electron chi connectivity index (χ4n) is 0.681. The highest BCUT2D eigenvalue weighted by molar-refractivity contribution is 5.84. The highest BCUT2D eigenvalue weighted by Gasteiger charge is 2.17. The average molecular weight is 144 g/mol. The summed E-state index contributed by atoms with van der Waals surface area (Å²) in [6, 6.07) is 0. The van der Waals surface area contributed by atoms with Gasteiger partial charge in [0, 0.05) is 0 Å². The Bertz CT molecular complexity index is 195. The van der Waals surface area contributed by atoms with Crippen LogP contribution in [0.4, 0.5) is 0 Å². The molecule has 1 aliphatic rings. The molecule has 0 saturated carbocycles. The minimum absolute atomic E-state index is 0.00389. The maximum absolute atomic E-state index is 10.6. The largest absolute Gasteiger partial charge is 0.675 e. The molecule has 10 heavy (non-hydrogen) atoms. The van der Waals surface area contributed by atoms with Crippen molar-refractivity contribution in [2.24, 2.45) is 11.5 Å². The zero-order valence-electron chi connectivity index (χ0n) is 5.28. The van der Waals surface area contributed by atoms with Gasteiger partial charge in [0.15, 0.2) is 0 Å². The minimum atomic E-state index is 0.00389. The van der Waals surface area contributed by atoms with Crippen molar-refractivity contribution in [2.45, 2.75) is 12.8 Å². The van der Waals surface area contributed by atoms with E-state index in [0.29, 0.717) is 12.8 Å². The second-order valence-electron chi connectivity index (χ2n) is 2.03. The van der Waals surface area contributed by atoms with E-state index in [2.05, 4.69) is 0 Å². The van der Waals surface area contributed by atoms with Gasteiger partial charge in [-0.25, -0.2) is 0 Å². The van der Waals surface area contributed by atoms with Crippen LogP contribution in [0.25, 0.3) is 0 Å². The first-order chi connectivity index (χ1) is 4.63. The van der Waals surface area contributed by atoms with Gasteiger partial charge >= 0.3 is 0 Å². The molecule has 0 fully saturated rings. The SMILES string of the molecule is NC1=[N+]([O-])[N+]([O-])=C(N)CC1. The molecule has 0 aromatic heterocycles. The molecule has 0 aromatic rings. The first-order valence-corrected chi connectivity index (χ1v) is 2.80. The summed E-state index contributed by atoms with van der Waals surface area (Å²) in [4.78, 5) is 0.109. The molecule has 4 N–H and O–H groups in total. The standard InChI is InChI=1S/C4H8N4O2/c5-3-1-2-4(6)8(10)7(3)9/h1-2,5-6H2. The summed E-state index contributed by atoms with van der Waals surface area (Å²) in [7, 11) is 0. The van der Waals surface area contributed by atoms with Crippen LogP contribution in [0.2, 0.25) is 0 Å². The number of hydrazine groups is 1. The van der Waals surface area contributed by atoms with Crippen molar-refractivity contribution >= 4 is 11.7 Å². The van der Waals surface area contributed by atoms with E-state index in [4.69, 9.17) is 11.5 Å². The fraction of sp³-hybridized carbons (Fsp3) is 0.500. The number of nitrogens with two attached hydrogens (primary N) is 2. The monoisotopic (exact) mass is 144 g/mol. The molecule has 6 nitrogen and oxygen atoms in total. The maximum Gasteiger partial charge on any atom is 0.289 e. The molecule has 0 bridgehead atoms. The van der Waals surface area contributed by atoms with Gasteiger partial charge in [0.25, 0.3) is 11.7 Å². The van der Waals surface area contributed by atoms with E-state index in [1.807, 2.05) is 0 Å². The van der Waals surface area contributed by atoms with Crippen molar-refractivity contribution in [1.29, 1.82) is 0 Å². The highest BCUT2D eigenvalue weighted by Crippen LogP contribution is 1.96. The summed E-state index contributed by atoms with van der Waals surface area (Å²) in [5, 5.41) is 21.2. The summed E-state index contributed by atoms with van der Waals surface area (Å²) in [5.41, 5.74) is 10.3. The lowest BCUT2D eigenvalue weighted by Gasteiger charge is -2.18. The van der Waals surface area contributed by atoms with Crippen molar-refractivity contribution in [2.75, 3.05) is 0 Å². The van der Waals surface area contributed by atoms with E-state index in [-0.39, 0.29) is 21.4 Å². The predicted molar refractivity (Wildman–Crippen MR) is 34.9 cm³/mol. The van der Waals surface area contributed by atoms with Gasteiger partial charge in [-0.15, -0.1) is 0 Å². The normalized spacial score (nSPS) is 20.0. The van der Waals surface area contributed by atoms with Gasteiger partial charge in [-0.2, -0.15) is 0 Å². The third-order valence-electron chi connectivity index (χ3n) is 1.29. The predicted octanol–water partition coefficient (Wildman–Crippen LogP) is -1.57. The van der Waals surface area contributed by atoms with E-state index in [1.54, 1.807) is 0 Å². The molecule has 0 amide bonds. The lowest BCUT2D eigenvalue weighted by molar-refractivity contribution is -1.06. The van der Waals surface area contributed by atoms with Crippen LogP contribution in [0.5, 0.6) is 0 Å². The molecule has 0 saturated heterocycles. The third-order valence-corrected chi connectivity index (χ3v) is 1.29. The van der Waals surface area contributed by atoms with Crippen LogP contribution in [-0.2, 0) is 0 Å². The number of hydrogen-bond donors (Lipinski definition) is 2. The molecule has 1 rings (SSSR count). The Kier molecular flexibility index (Phi) is 1.37. The number of hydrogen-bond acceptors (Lipinski definition) is 4. The van der Waals surface area contributed by atoms with Crippen molar-refractivity contribution in [3.63, 3.8) is 0 Å². The van der Waals surface area contributed by atoms with Crippen LogP contribution in [0.15, 0.2) is 0 Å². The van der Waals surface area contributed by atoms with Crippen LogP contribution in [-0.4, -0.2) is 21.4 Å². The van der Waals surface area contributed by atoms with E-state index in [9.17, 15) is 10.4 Å². The van der Waals surface area contributed by atoms with Crippen molar-refractivity contribution in [3.05, 3.63) is 10.4 Å². The Hall–Kier alpha value is -1.46. The Labute approximate surface area is 57.2 Å². The quantitative estimate of drug-likeness (QED) is 0.316. The molecule has 56 valence electrons. The number of rotatable bonds is 0. The Morgan fingerprint density at radius 3 is 1.60 bits per heavy atom. The molecule has 1 aliphatic heterocycles. The van der Waals surface area contributed by atoms with Gasteiger partial charge in [-0.05, 0) is 0 Å². The lowest BCUT2D eigenvalue weighted by atomic mass is 10.2. The van der Waals surface area contributed by atoms with Crippen molar-refractivity contribution in [1.82, 2.24) is 0 Å². The van der Waals surface area contributed by atoms with Gasteiger partial charge in [-0.1, -0.05) is 9.70 Å². The van der Waals surface area contributed by atoms with Gasteiger partial charge in [-0.3, -0.25) is 11.5 Å². The van der Waals surface area contributed by atoms with Crippen LogP contribution in [0.1, 0.15) is 12.8 Å². The van der Waals surface area contributed by atoms with E-state index in [0.717, 1.165) is 0 Å². The average Bonchev–Trinajstić information content (AvgIpc) is 1.93. The molecule has 0 unspecified atom stereocenters. The molecule has 0 atom stereocenters. The van der Waals surface area contributed by atoms with E-state index >= 15 is 0 Å². The summed E-state index contributed by atoms with van der Waals surface area (Å²) in [5.74, 6) is 0.00778. The number of hydrazone groups is 2. The lowest BCUT2D eigenvalue weighted by Crippen LogP contribution is -2.40. The zero-order valence-corrected chi connectivity index (χ0v) is 5.28. The summed E-state index contributed by atoms with van der Waals surface area (Å²) < 4.78 is 0. The van der Waals surface area contributed by atoms with E-state index < -0.39 is 0 Å². The maximum atomic E-state index is 10.6. The molecular formula is C4H8N4O2. The smallest absolute Gasteiger partial charge is 0.289 e. The fourth-order valence-corrected chi connectivity index (χ4v) is 0.681. The van der Waals surface area contributed by atoms with Crippen molar-refractivity contribution in [3.8, 4) is 0 Å². The van der Waals surface area contributed by atoms with Gasteiger partial charge in [0.2, 0.25) is 0 Å². The Balaban J connectivity index is 3.01. The number of nitrogens with zero attached hydrogens (tertiary/aromatic N) is 2. The highest BCUT2D eigenvalue weighted by atomic mass is 16.7. The van der Waals surface area contributed by atoms with E-state index in [1.165, 1.54) is 0 Å². The Morgan fingerprint density at radius 2 is 1.30 bits per heavy atom. The van der Waals surface area contributed by atoms with Crippen LogP contribution >= 0.6 is 0 Å². The second-order valence-corrected chi connectivity index (χ2v) is 2.03. The third kappa shape index (κ3) is 0.831. The van der Waals surface area contributed by atoms with Gasteiger partial charge in [0.05, 0.1) is 12.8 Å². The van der Waals surface area contributed by atoms with Crippen LogP contribution in [0.3, 0.4) is 0 Å². The molecule has 0 aromatic carbocycles. The molecular weight excluding hydrogens is 136 g/mol.